The molecule has 6 heteroatoms. The van der Waals surface area contributed by atoms with Crippen molar-refractivity contribution in [1.29, 1.82) is 0 Å². The molecule has 4 nitrogen and oxygen atoms in total. The van der Waals surface area contributed by atoms with Crippen LogP contribution in [0.5, 0.6) is 0 Å². The van der Waals surface area contributed by atoms with Crippen LogP contribution in [0.1, 0.15) is 11.4 Å². The molecule has 84 valence electrons. The first-order valence-electron chi connectivity index (χ1n) is 4.64. The second-order valence-corrected chi connectivity index (χ2v) is 3.96. The van der Waals surface area contributed by atoms with Crippen molar-refractivity contribution in [2.45, 2.75) is 6.42 Å². The summed E-state index contributed by atoms with van der Waals surface area (Å²) in [5.41, 5.74) is 0.800. The van der Waals surface area contributed by atoms with Crippen LogP contribution in [-0.4, -0.2) is 17.2 Å². The first kappa shape index (κ1) is 11.2. The van der Waals surface area contributed by atoms with Crippen LogP contribution in [0.25, 0.3) is 0 Å². The van der Waals surface area contributed by atoms with Gasteiger partial charge in [0, 0.05) is 23.5 Å². The van der Waals surface area contributed by atoms with E-state index in [0.29, 0.717) is 28.3 Å². The molecular weight excluding hydrogens is 249 g/mol. The first-order valence-corrected chi connectivity index (χ1v) is 5.39. The summed E-state index contributed by atoms with van der Waals surface area (Å²) in [5, 5.41) is 7.76. The fourth-order valence-corrected chi connectivity index (χ4v) is 1.82. The van der Waals surface area contributed by atoms with E-state index >= 15 is 0 Å². The molecule has 0 radical (unpaired) electrons. The Hall–Kier alpha value is -1.26. The number of rotatable bonds is 3. The van der Waals surface area contributed by atoms with Gasteiger partial charge in [-0.2, -0.15) is 4.98 Å². The summed E-state index contributed by atoms with van der Waals surface area (Å²) in [6, 6.07) is 5.73. The minimum Gasteiger partial charge on any atom is -0.341 e. The van der Waals surface area contributed by atoms with Gasteiger partial charge in [-0.25, -0.2) is 0 Å². The molecule has 2 aromatic rings. The van der Waals surface area contributed by atoms with Crippen LogP contribution in [0.2, 0.25) is 10.0 Å². The van der Waals surface area contributed by atoms with Gasteiger partial charge < -0.3 is 9.84 Å². The topological polar surface area (TPSA) is 51.0 Å². The lowest BCUT2D eigenvalue weighted by atomic mass is 10.1. The quantitative estimate of drug-likeness (QED) is 0.919. The average Bonchev–Trinajstić information content (AvgIpc) is 2.71. The van der Waals surface area contributed by atoms with Gasteiger partial charge in [0.05, 0.1) is 0 Å². The molecule has 0 aliphatic rings. The second kappa shape index (κ2) is 4.72. The maximum atomic E-state index is 6.03. The van der Waals surface area contributed by atoms with Gasteiger partial charge in [-0.05, 0) is 17.7 Å². The van der Waals surface area contributed by atoms with Crippen molar-refractivity contribution >= 4 is 29.2 Å². The SMILES string of the molecule is CNc1nc(Cc2c(Cl)cccc2Cl)no1. The largest absolute Gasteiger partial charge is 0.341 e. The van der Waals surface area contributed by atoms with E-state index < -0.39 is 0 Å². The van der Waals surface area contributed by atoms with E-state index in [9.17, 15) is 0 Å². The summed E-state index contributed by atoms with van der Waals surface area (Å²) in [4.78, 5) is 4.10. The van der Waals surface area contributed by atoms with Crippen LogP contribution < -0.4 is 5.32 Å². The number of aromatic nitrogens is 2. The molecule has 0 unspecified atom stereocenters. The van der Waals surface area contributed by atoms with Crippen molar-refractivity contribution in [1.82, 2.24) is 10.1 Å². The molecule has 0 aliphatic carbocycles. The minimum atomic E-state index is 0.373. The van der Waals surface area contributed by atoms with E-state index in [2.05, 4.69) is 15.5 Å². The van der Waals surface area contributed by atoms with Crippen LogP contribution in [0.15, 0.2) is 22.7 Å². The molecule has 0 saturated heterocycles. The molecule has 0 fully saturated rings. The van der Waals surface area contributed by atoms with Crippen molar-refractivity contribution in [3.8, 4) is 0 Å². The van der Waals surface area contributed by atoms with Crippen LogP contribution in [0.3, 0.4) is 0 Å². The monoisotopic (exact) mass is 257 g/mol. The van der Waals surface area contributed by atoms with E-state index in [1.165, 1.54) is 0 Å². The maximum Gasteiger partial charge on any atom is 0.321 e. The Balaban J connectivity index is 2.26. The Morgan fingerprint density at radius 1 is 1.31 bits per heavy atom. The molecule has 0 spiro atoms. The third kappa shape index (κ3) is 2.28. The predicted octanol–water partition coefficient (Wildman–Crippen LogP) is 3.01. The zero-order valence-corrected chi connectivity index (χ0v) is 10.0. The molecule has 1 aromatic carbocycles. The Kier molecular flexibility index (Phi) is 3.31. The number of halogens is 2. The smallest absolute Gasteiger partial charge is 0.321 e. The van der Waals surface area contributed by atoms with Crippen LogP contribution in [0.4, 0.5) is 6.01 Å². The van der Waals surface area contributed by atoms with Gasteiger partial charge in [-0.1, -0.05) is 34.4 Å². The summed E-state index contributed by atoms with van der Waals surface area (Å²) in [5.74, 6) is 0.541. The normalized spacial score (nSPS) is 10.4. The van der Waals surface area contributed by atoms with Crippen LogP contribution in [-0.2, 0) is 6.42 Å². The molecule has 0 aliphatic heterocycles. The Bertz CT molecular complexity index is 478. The average molecular weight is 258 g/mol. The number of nitrogens with one attached hydrogen (secondary N) is 1. The van der Waals surface area contributed by atoms with Gasteiger partial charge >= 0.3 is 6.01 Å². The standard InChI is InChI=1S/C10H9Cl2N3O/c1-13-10-14-9(15-16-10)5-6-7(11)3-2-4-8(6)12/h2-4H,5H2,1H3,(H,13,14,15). The van der Waals surface area contributed by atoms with E-state index in [-0.39, 0.29) is 0 Å². The van der Waals surface area contributed by atoms with Crippen molar-refractivity contribution in [2.24, 2.45) is 0 Å². The number of anilines is 1. The minimum absolute atomic E-state index is 0.373. The lowest BCUT2D eigenvalue weighted by molar-refractivity contribution is 0.425. The van der Waals surface area contributed by atoms with E-state index in [0.717, 1.165) is 5.56 Å². The molecule has 16 heavy (non-hydrogen) atoms. The van der Waals surface area contributed by atoms with Gasteiger partial charge in [-0.15, -0.1) is 0 Å². The third-order valence-electron chi connectivity index (χ3n) is 2.08. The van der Waals surface area contributed by atoms with Crippen molar-refractivity contribution < 1.29 is 4.52 Å². The number of benzene rings is 1. The number of nitrogens with zero attached hydrogens (tertiary/aromatic N) is 2. The summed E-state index contributed by atoms with van der Waals surface area (Å²) in [6.07, 6.45) is 0.448. The molecule has 0 bridgehead atoms. The lowest BCUT2D eigenvalue weighted by Gasteiger charge is -2.02. The summed E-state index contributed by atoms with van der Waals surface area (Å²) < 4.78 is 4.91. The highest BCUT2D eigenvalue weighted by atomic mass is 35.5. The molecule has 1 aromatic heterocycles. The highest BCUT2D eigenvalue weighted by molar-refractivity contribution is 6.36. The molecule has 0 atom stereocenters. The summed E-state index contributed by atoms with van der Waals surface area (Å²) >= 11 is 12.1. The van der Waals surface area contributed by atoms with Gasteiger partial charge in [0.25, 0.3) is 0 Å². The maximum absolute atomic E-state index is 6.03. The molecule has 1 heterocycles. The molecule has 0 saturated carbocycles. The molecule has 1 N–H and O–H groups in total. The van der Waals surface area contributed by atoms with E-state index in [4.69, 9.17) is 27.7 Å². The fourth-order valence-electron chi connectivity index (χ4n) is 1.29. The Morgan fingerprint density at radius 2 is 2.00 bits per heavy atom. The Labute approximate surface area is 103 Å². The fraction of sp³-hybridized carbons (Fsp3) is 0.200. The van der Waals surface area contributed by atoms with E-state index in [1.807, 2.05) is 0 Å². The van der Waals surface area contributed by atoms with Gasteiger partial charge in [0.1, 0.15) is 0 Å². The zero-order chi connectivity index (χ0) is 11.5. The highest BCUT2D eigenvalue weighted by Gasteiger charge is 2.11. The summed E-state index contributed by atoms with van der Waals surface area (Å²) in [7, 11) is 1.71. The van der Waals surface area contributed by atoms with Crippen LogP contribution >= 0.6 is 23.2 Å². The van der Waals surface area contributed by atoms with Crippen LogP contribution in [0, 0.1) is 0 Å². The number of hydrogen-bond acceptors (Lipinski definition) is 4. The van der Waals surface area contributed by atoms with Gasteiger partial charge in [-0.3, -0.25) is 0 Å². The van der Waals surface area contributed by atoms with Crippen molar-refractivity contribution in [3.63, 3.8) is 0 Å². The first-order chi connectivity index (χ1) is 7.70. The van der Waals surface area contributed by atoms with Gasteiger partial charge in [0.15, 0.2) is 5.82 Å². The molecular formula is C10H9Cl2N3O. The molecule has 0 amide bonds. The zero-order valence-electron chi connectivity index (χ0n) is 8.50. The number of hydrogen-bond donors (Lipinski definition) is 1. The van der Waals surface area contributed by atoms with Crippen molar-refractivity contribution in [2.75, 3.05) is 12.4 Å². The second-order valence-electron chi connectivity index (χ2n) is 3.14. The summed E-state index contributed by atoms with van der Waals surface area (Å²) in [6.45, 7) is 0. The van der Waals surface area contributed by atoms with Crippen molar-refractivity contribution in [3.05, 3.63) is 39.6 Å². The third-order valence-corrected chi connectivity index (χ3v) is 2.79. The molecule has 2 rings (SSSR count). The lowest BCUT2D eigenvalue weighted by Crippen LogP contribution is -1.94. The highest BCUT2D eigenvalue weighted by Crippen LogP contribution is 2.26. The Morgan fingerprint density at radius 3 is 2.56 bits per heavy atom. The van der Waals surface area contributed by atoms with E-state index in [1.54, 1.807) is 25.2 Å². The van der Waals surface area contributed by atoms with Gasteiger partial charge in [0.2, 0.25) is 0 Å². The predicted molar refractivity (Wildman–Crippen MR) is 63.1 cm³/mol.